The monoisotopic (exact) mass is 611 g/mol. The molecule has 0 fully saturated rings. The zero-order valence-corrected chi connectivity index (χ0v) is 26.2. The van der Waals surface area contributed by atoms with E-state index < -0.39 is 28.1 Å². The van der Waals surface area contributed by atoms with E-state index in [4.69, 9.17) is 9.90 Å². The first-order valence-electron chi connectivity index (χ1n) is 14.5. The van der Waals surface area contributed by atoms with E-state index in [0.29, 0.717) is 24.6 Å². The Bertz CT molecular complexity index is 1350. The third-order valence-electron chi connectivity index (χ3n) is 6.86. The van der Waals surface area contributed by atoms with Gasteiger partial charge in [0.1, 0.15) is 0 Å². The highest BCUT2D eigenvalue weighted by Gasteiger charge is 2.28. The second-order valence-electron chi connectivity index (χ2n) is 11.0. The number of aliphatic hydroxyl groups is 1. The molecule has 3 atom stereocenters. The highest BCUT2D eigenvalue weighted by molar-refractivity contribution is 7.92. The fourth-order valence-corrected chi connectivity index (χ4v) is 5.73. The first kappa shape index (κ1) is 35.5. The van der Waals surface area contributed by atoms with Crippen molar-refractivity contribution in [3.05, 3.63) is 96.1 Å². The SMILES string of the molecule is CC(C)CCCC(C)NC[C@@H](O)[C@H](Cc1ccccc1)NC(=O)c1ccccc1N(c1ccccc1)S(C)(=O)=O.O=CO. The van der Waals surface area contributed by atoms with Crippen LogP contribution in [-0.2, 0) is 21.2 Å². The van der Waals surface area contributed by atoms with Gasteiger partial charge in [0.15, 0.2) is 0 Å². The maximum absolute atomic E-state index is 13.7. The molecule has 0 saturated heterocycles. The van der Waals surface area contributed by atoms with Crippen molar-refractivity contribution in [2.45, 2.75) is 64.6 Å². The van der Waals surface area contributed by atoms with Gasteiger partial charge in [0.05, 0.1) is 35.3 Å². The number of hydrogen-bond acceptors (Lipinski definition) is 6. The number of para-hydroxylation sites is 2. The molecule has 0 bridgehead atoms. The van der Waals surface area contributed by atoms with E-state index in [-0.39, 0.29) is 23.8 Å². The summed E-state index contributed by atoms with van der Waals surface area (Å²) in [5.41, 5.74) is 1.87. The molecule has 1 unspecified atom stereocenters. The second kappa shape index (κ2) is 18.0. The molecule has 10 heteroatoms. The van der Waals surface area contributed by atoms with Gasteiger partial charge in [0, 0.05) is 12.6 Å². The van der Waals surface area contributed by atoms with Crippen LogP contribution in [0.5, 0.6) is 0 Å². The normalized spacial score (nSPS) is 13.3. The zero-order chi connectivity index (χ0) is 31.8. The predicted molar refractivity (Wildman–Crippen MR) is 172 cm³/mol. The van der Waals surface area contributed by atoms with Crippen LogP contribution in [0.3, 0.4) is 0 Å². The number of anilines is 2. The highest BCUT2D eigenvalue weighted by atomic mass is 32.2. The third-order valence-corrected chi connectivity index (χ3v) is 7.93. The van der Waals surface area contributed by atoms with Crippen molar-refractivity contribution in [2.24, 2.45) is 5.92 Å². The number of sulfonamides is 1. The quantitative estimate of drug-likeness (QED) is 0.178. The van der Waals surface area contributed by atoms with E-state index in [0.717, 1.165) is 31.1 Å². The Morgan fingerprint density at radius 1 is 0.907 bits per heavy atom. The van der Waals surface area contributed by atoms with Crippen LogP contribution in [-0.4, -0.2) is 62.0 Å². The van der Waals surface area contributed by atoms with Crippen molar-refractivity contribution in [3.8, 4) is 0 Å². The van der Waals surface area contributed by atoms with Gasteiger partial charge < -0.3 is 20.8 Å². The minimum Gasteiger partial charge on any atom is -0.483 e. The Labute approximate surface area is 256 Å². The number of hydrogen-bond donors (Lipinski definition) is 4. The summed E-state index contributed by atoms with van der Waals surface area (Å²) in [6.45, 7) is 6.61. The van der Waals surface area contributed by atoms with Crippen molar-refractivity contribution in [1.82, 2.24) is 10.6 Å². The summed E-state index contributed by atoms with van der Waals surface area (Å²) in [6, 6.07) is 24.6. The number of rotatable bonds is 15. The molecule has 0 aliphatic rings. The van der Waals surface area contributed by atoms with Crippen LogP contribution in [0, 0.1) is 5.92 Å². The molecule has 0 aliphatic carbocycles. The Kier molecular flexibility index (Phi) is 14.9. The predicted octanol–water partition coefficient (Wildman–Crippen LogP) is 4.99. The van der Waals surface area contributed by atoms with Crippen LogP contribution in [0.4, 0.5) is 11.4 Å². The van der Waals surface area contributed by atoms with Crippen LogP contribution >= 0.6 is 0 Å². The summed E-state index contributed by atoms with van der Waals surface area (Å²) >= 11 is 0. The first-order valence-corrected chi connectivity index (χ1v) is 16.3. The Balaban J connectivity index is 0.00000206. The molecule has 234 valence electrons. The average Bonchev–Trinajstić information content (AvgIpc) is 2.96. The lowest BCUT2D eigenvalue weighted by molar-refractivity contribution is -0.122. The smallest absolute Gasteiger partial charge is 0.290 e. The minimum absolute atomic E-state index is 0.206. The van der Waals surface area contributed by atoms with Gasteiger partial charge in [-0.3, -0.25) is 9.59 Å². The summed E-state index contributed by atoms with van der Waals surface area (Å²) in [5, 5.41) is 24.5. The van der Waals surface area contributed by atoms with Gasteiger partial charge in [-0.2, -0.15) is 0 Å². The van der Waals surface area contributed by atoms with Crippen LogP contribution < -0.4 is 14.9 Å². The topological polar surface area (TPSA) is 136 Å². The standard InChI is InChI=1S/C32H43N3O4S.CH2O2/c1-24(2)14-13-15-25(3)33-23-31(36)29(22-26-16-7-5-8-17-26)34-32(37)28-20-11-12-21-30(28)35(40(4,38)39)27-18-9-6-10-19-27;2-1-3/h5-12,16-21,24-25,29,31,33,36H,13-15,22-23H2,1-4H3,(H,34,37);1H,(H,2,3)/t25?,29-,31+;/m0./s1. The fraction of sp³-hybridized carbons (Fsp3) is 0.394. The largest absolute Gasteiger partial charge is 0.483 e. The first-order chi connectivity index (χ1) is 20.5. The number of carbonyl (C=O) groups is 2. The lowest BCUT2D eigenvalue weighted by Gasteiger charge is -2.28. The van der Waals surface area contributed by atoms with Crippen molar-refractivity contribution < 1.29 is 28.2 Å². The average molecular weight is 612 g/mol. The lowest BCUT2D eigenvalue weighted by Crippen LogP contribution is -2.50. The molecule has 0 heterocycles. The maximum Gasteiger partial charge on any atom is 0.290 e. The van der Waals surface area contributed by atoms with E-state index >= 15 is 0 Å². The molecule has 3 aromatic rings. The number of aliphatic hydroxyl groups excluding tert-OH is 1. The molecular formula is C33H45N3O6S. The molecule has 43 heavy (non-hydrogen) atoms. The molecule has 0 aliphatic heterocycles. The number of nitrogens with one attached hydrogen (secondary N) is 2. The molecule has 3 rings (SSSR count). The fourth-order valence-electron chi connectivity index (χ4n) is 4.71. The van der Waals surface area contributed by atoms with Gasteiger partial charge in [0.25, 0.3) is 12.4 Å². The van der Waals surface area contributed by atoms with Gasteiger partial charge in [-0.25, -0.2) is 12.7 Å². The molecule has 0 aromatic heterocycles. The van der Waals surface area contributed by atoms with E-state index in [1.54, 1.807) is 54.6 Å². The van der Waals surface area contributed by atoms with Gasteiger partial charge >= 0.3 is 0 Å². The number of benzene rings is 3. The highest BCUT2D eigenvalue weighted by Crippen LogP contribution is 2.31. The molecule has 9 nitrogen and oxygen atoms in total. The van der Waals surface area contributed by atoms with Crippen LogP contribution in [0.2, 0.25) is 0 Å². The minimum atomic E-state index is -3.76. The Hall–Kier alpha value is -3.73. The molecule has 0 saturated carbocycles. The molecular weight excluding hydrogens is 566 g/mol. The Morgan fingerprint density at radius 3 is 2.05 bits per heavy atom. The van der Waals surface area contributed by atoms with E-state index in [1.165, 1.54) is 4.31 Å². The lowest BCUT2D eigenvalue weighted by atomic mass is 9.99. The van der Waals surface area contributed by atoms with Crippen LogP contribution in [0.25, 0.3) is 0 Å². The number of nitrogens with zero attached hydrogens (tertiary/aromatic N) is 1. The van der Waals surface area contributed by atoms with Crippen LogP contribution in [0.15, 0.2) is 84.9 Å². The van der Waals surface area contributed by atoms with E-state index in [1.807, 2.05) is 30.3 Å². The summed E-state index contributed by atoms with van der Waals surface area (Å²) < 4.78 is 26.9. The van der Waals surface area contributed by atoms with Crippen LogP contribution in [0.1, 0.15) is 56.0 Å². The zero-order valence-electron chi connectivity index (χ0n) is 25.4. The molecule has 0 spiro atoms. The van der Waals surface area contributed by atoms with Gasteiger partial charge in [0.2, 0.25) is 10.0 Å². The molecule has 4 N–H and O–H groups in total. The molecule has 3 aromatic carbocycles. The maximum atomic E-state index is 13.7. The van der Waals surface area contributed by atoms with Crippen molar-refractivity contribution in [2.75, 3.05) is 17.1 Å². The number of carboxylic acid groups (broad SMARTS) is 1. The number of carbonyl (C=O) groups excluding carboxylic acids is 1. The summed E-state index contributed by atoms with van der Waals surface area (Å²) in [5.74, 6) is 0.205. The number of amides is 1. The summed E-state index contributed by atoms with van der Waals surface area (Å²) in [4.78, 5) is 22.1. The van der Waals surface area contributed by atoms with Gasteiger partial charge in [-0.1, -0.05) is 87.4 Å². The van der Waals surface area contributed by atoms with Crippen molar-refractivity contribution in [3.63, 3.8) is 0 Å². The molecule has 0 radical (unpaired) electrons. The Morgan fingerprint density at radius 2 is 1.47 bits per heavy atom. The van der Waals surface area contributed by atoms with Gasteiger partial charge in [-0.05, 0) is 55.5 Å². The van der Waals surface area contributed by atoms with Crippen molar-refractivity contribution >= 4 is 33.8 Å². The molecule has 1 amide bonds. The summed E-state index contributed by atoms with van der Waals surface area (Å²) in [6.07, 6.45) is 3.96. The summed E-state index contributed by atoms with van der Waals surface area (Å²) in [7, 11) is -3.76. The van der Waals surface area contributed by atoms with Crippen molar-refractivity contribution in [1.29, 1.82) is 0 Å². The second-order valence-corrected chi connectivity index (χ2v) is 12.8. The van der Waals surface area contributed by atoms with E-state index in [9.17, 15) is 18.3 Å². The third kappa shape index (κ3) is 12.2. The van der Waals surface area contributed by atoms with E-state index in [2.05, 4.69) is 31.4 Å². The van der Waals surface area contributed by atoms with Gasteiger partial charge in [-0.15, -0.1) is 0 Å².